The lowest BCUT2D eigenvalue weighted by Crippen LogP contribution is -2.11. The van der Waals surface area contributed by atoms with Crippen LogP contribution in [-0.2, 0) is 9.84 Å². The van der Waals surface area contributed by atoms with E-state index in [0.717, 1.165) is 16.7 Å². The fraction of sp³-hybridized carbons (Fsp3) is 0.150. The third-order valence-electron chi connectivity index (χ3n) is 4.09. The molecule has 0 unspecified atom stereocenters. The molecule has 1 N–H and O–H groups in total. The van der Waals surface area contributed by atoms with E-state index in [1.165, 1.54) is 23.5 Å². The van der Waals surface area contributed by atoms with E-state index in [1.807, 2.05) is 42.6 Å². The van der Waals surface area contributed by atoms with Gasteiger partial charge in [0.05, 0.1) is 15.5 Å². The Kier molecular flexibility index (Phi) is 5.25. The maximum Gasteiger partial charge on any atom is 0.266 e. The summed E-state index contributed by atoms with van der Waals surface area (Å²) in [5.74, 6) is -0.157. The number of aryl methyl sites for hydroxylation is 1. The van der Waals surface area contributed by atoms with Gasteiger partial charge in [-0.15, -0.1) is 11.3 Å². The monoisotopic (exact) mass is 385 g/mol. The quantitative estimate of drug-likeness (QED) is 0.688. The second-order valence-electron chi connectivity index (χ2n) is 5.91. The van der Waals surface area contributed by atoms with Crippen LogP contribution in [0.5, 0.6) is 0 Å². The maximum atomic E-state index is 12.7. The molecule has 0 aliphatic rings. The van der Waals surface area contributed by atoms with Gasteiger partial charge >= 0.3 is 0 Å². The van der Waals surface area contributed by atoms with Gasteiger partial charge in [0.25, 0.3) is 5.91 Å². The molecule has 0 aliphatic heterocycles. The molecule has 0 atom stereocenters. The van der Waals surface area contributed by atoms with E-state index < -0.39 is 9.84 Å². The Hall–Kier alpha value is -2.44. The van der Waals surface area contributed by atoms with Crippen LogP contribution >= 0.6 is 11.3 Å². The lowest BCUT2D eigenvalue weighted by atomic mass is 10.0. The first-order chi connectivity index (χ1) is 12.4. The Balaban J connectivity index is 1.81. The second kappa shape index (κ2) is 7.43. The molecule has 0 bridgehead atoms. The van der Waals surface area contributed by atoms with Gasteiger partial charge in [0.1, 0.15) is 0 Å². The lowest BCUT2D eigenvalue weighted by molar-refractivity contribution is 0.103. The van der Waals surface area contributed by atoms with Crippen LogP contribution in [0.1, 0.15) is 22.2 Å². The summed E-state index contributed by atoms with van der Waals surface area (Å²) in [5.41, 5.74) is 3.61. The van der Waals surface area contributed by atoms with Gasteiger partial charge in [-0.25, -0.2) is 8.42 Å². The van der Waals surface area contributed by atoms with Gasteiger partial charge in [-0.05, 0) is 48.2 Å². The Bertz CT molecular complexity index is 1020. The zero-order chi connectivity index (χ0) is 18.7. The molecule has 1 amide bonds. The second-order valence-corrected chi connectivity index (χ2v) is 9.11. The number of benzene rings is 2. The molecule has 0 spiro atoms. The highest BCUT2D eigenvalue weighted by atomic mass is 32.2. The van der Waals surface area contributed by atoms with Gasteiger partial charge < -0.3 is 5.32 Å². The van der Waals surface area contributed by atoms with Crippen LogP contribution in [0.15, 0.2) is 64.9 Å². The zero-order valence-corrected chi connectivity index (χ0v) is 16.2. The minimum atomic E-state index is -3.24. The predicted molar refractivity (Wildman–Crippen MR) is 107 cm³/mol. The molecule has 3 rings (SSSR count). The number of rotatable bonds is 5. The number of carbonyl (C=O) groups excluding carboxylic acids is 1. The summed E-state index contributed by atoms with van der Waals surface area (Å²) in [6.45, 7) is 3.63. The van der Waals surface area contributed by atoms with Crippen LogP contribution in [0.3, 0.4) is 0 Å². The van der Waals surface area contributed by atoms with Crippen molar-refractivity contribution < 1.29 is 13.2 Å². The van der Waals surface area contributed by atoms with Gasteiger partial charge in [-0.3, -0.25) is 4.79 Å². The number of amides is 1. The maximum absolute atomic E-state index is 12.7. The highest BCUT2D eigenvalue weighted by Crippen LogP contribution is 2.29. The SMILES string of the molecule is CCS(=O)(=O)c1ccc(NC(=O)c2sccc2-c2ccc(C)cc2)cc1. The molecule has 3 aromatic rings. The van der Waals surface area contributed by atoms with Crippen LogP contribution in [0, 0.1) is 6.92 Å². The van der Waals surface area contributed by atoms with E-state index in [4.69, 9.17) is 0 Å². The van der Waals surface area contributed by atoms with Crippen molar-refractivity contribution in [2.24, 2.45) is 0 Å². The number of nitrogens with one attached hydrogen (secondary N) is 1. The van der Waals surface area contributed by atoms with Crippen LogP contribution in [-0.4, -0.2) is 20.1 Å². The fourth-order valence-corrected chi connectivity index (χ4v) is 4.24. The van der Waals surface area contributed by atoms with Crippen molar-refractivity contribution in [2.75, 3.05) is 11.1 Å². The largest absolute Gasteiger partial charge is 0.321 e. The normalized spacial score (nSPS) is 11.3. The van der Waals surface area contributed by atoms with Crippen molar-refractivity contribution in [1.29, 1.82) is 0 Å². The molecule has 2 aromatic carbocycles. The number of anilines is 1. The standard InChI is InChI=1S/C20H19NO3S2/c1-3-26(23,24)17-10-8-16(9-11-17)21-20(22)19-18(12-13-25-19)15-6-4-14(2)5-7-15/h4-13H,3H2,1-2H3,(H,21,22). The number of hydrogen-bond donors (Lipinski definition) is 1. The summed E-state index contributed by atoms with van der Waals surface area (Å²) in [4.78, 5) is 13.5. The molecule has 4 nitrogen and oxygen atoms in total. The molecule has 6 heteroatoms. The minimum absolute atomic E-state index is 0.0494. The van der Waals surface area contributed by atoms with E-state index in [2.05, 4.69) is 5.32 Å². The van der Waals surface area contributed by atoms with Crippen molar-refractivity contribution >= 4 is 32.8 Å². The van der Waals surface area contributed by atoms with E-state index >= 15 is 0 Å². The van der Waals surface area contributed by atoms with Gasteiger partial charge in [-0.1, -0.05) is 36.8 Å². The first-order valence-electron chi connectivity index (χ1n) is 8.19. The average molecular weight is 386 g/mol. The summed E-state index contributed by atoms with van der Waals surface area (Å²) in [5, 5.41) is 4.73. The van der Waals surface area contributed by atoms with Crippen molar-refractivity contribution in [2.45, 2.75) is 18.7 Å². The van der Waals surface area contributed by atoms with E-state index in [0.29, 0.717) is 10.6 Å². The van der Waals surface area contributed by atoms with E-state index in [9.17, 15) is 13.2 Å². The third-order valence-corrected chi connectivity index (χ3v) is 6.75. The molecule has 0 saturated heterocycles. The molecule has 26 heavy (non-hydrogen) atoms. The van der Waals surface area contributed by atoms with E-state index in [1.54, 1.807) is 19.1 Å². The summed E-state index contributed by atoms with van der Waals surface area (Å²) in [7, 11) is -3.24. The Morgan fingerprint density at radius 1 is 1.00 bits per heavy atom. The third kappa shape index (κ3) is 3.86. The number of carbonyl (C=O) groups is 1. The van der Waals surface area contributed by atoms with Crippen molar-refractivity contribution in [3.05, 3.63) is 70.4 Å². The smallest absolute Gasteiger partial charge is 0.266 e. The molecular weight excluding hydrogens is 366 g/mol. The molecule has 1 aromatic heterocycles. The predicted octanol–water partition coefficient (Wildman–Crippen LogP) is 4.77. The topological polar surface area (TPSA) is 63.2 Å². The van der Waals surface area contributed by atoms with Gasteiger partial charge in [0.2, 0.25) is 0 Å². The van der Waals surface area contributed by atoms with Crippen molar-refractivity contribution in [3.63, 3.8) is 0 Å². The van der Waals surface area contributed by atoms with Crippen LogP contribution in [0.4, 0.5) is 5.69 Å². The summed E-state index contributed by atoms with van der Waals surface area (Å²) in [6.07, 6.45) is 0. The first-order valence-corrected chi connectivity index (χ1v) is 10.7. The molecular formula is C20H19NO3S2. The van der Waals surface area contributed by atoms with Gasteiger partial charge in [-0.2, -0.15) is 0 Å². The molecule has 134 valence electrons. The molecule has 1 heterocycles. The van der Waals surface area contributed by atoms with Crippen LogP contribution in [0.2, 0.25) is 0 Å². The van der Waals surface area contributed by atoms with Crippen LogP contribution < -0.4 is 5.32 Å². The number of hydrogen-bond acceptors (Lipinski definition) is 4. The van der Waals surface area contributed by atoms with E-state index in [-0.39, 0.29) is 16.6 Å². The van der Waals surface area contributed by atoms with Crippen LogP contribution in [0.25, 0.3) is 11.1 Å². The van der Waals surface area contributed by atoms with Crippen molar-refractivity contribution in [1.82, 2.24) is 0 Å². The molecule has 0 saturated carbocycles. The van der Waals surface area contributed by atoms with Gasteiger partial charge in [0, 0.05) is 11.3 Å². The molecule has 0 aliphatic carbocycles. The minimum Gasteiger partial charge on any atom is -0.321 e. The number of sulfone groups is 1. The van der Waals surface area contributed by atoms with Crippen molar-refractivity contribution in [3.8, 4) is 11.1 Å². The van der Waals surface area contributed by atoms with Gasteiger partial charge in [0.15, 0.2) is 9.84 Å². The molecule has 0 radical (unpaired) electrons. The summed E-state index contributed by atoms with van der Waals surface area (Å²) < 4.78 is 23.7. The molecule has 0 fully saturated rings. The average Bonchev–Trinajstić information content (AvgIpc) is 3.13. The zero-order valence-electron chi connectivity index (χ0n) is 14.5. The summed E-state index contributed by atoms with van der Waals surface area (Å²) >= 11 is 1.38. The first kappa shape index (κ1) is 18.4. The fourth-order valence-electron chi connectivity index (χ4n) is 2.55. The highest BCUT2D eigenvalue weighted by molar-refractivity contribution is 7.91. The highest BCUT2D eigenvalue weighted by Gasteiger charge is 2.16. The Labute approximate surface area is 157 Å². The Morgan fingerprint density at radius 2 is 1.65 bits per heavy atom. The number of thiophene rings is 1. The summed E-state index contributed by atoms with van der Waals surface area (Å²) in [6, 6.07) is 16.2. The lowest BCUT2D eigenvalue weighted by Gasteiger charge is -2.08. The Morgan fingerprint density at radius 3 is 2.27 bits per heavy atom.